The quantitative estimate of drug-likeness (QED) is 0.649. The lowest BCUT2D eigenvalue weighted by atomic mass is 10.2. The molecule has 2 heterocycles. The maximum absolute atomic E-state index is 11.9. The van der Waals surface area contributed by atoms with Gasteiger partial charge in [-0.2, -0.15) is 5.10 Å². The molecule has 2 aromatic rings. The summed E-state index contributed by atoms with van der Waals surface area (Å²) >= 11 is 0. The zero-order valence-corrected chi connectivity index (χ0v) is 10.8. The summed E-state index contributed by atoms with van der Waals surface area (Å²) in [4.78, 5) is 25.8. The largest absolute Gasteiger partial charge is 0.350 e. The van der Waals surface area contributed by atoms with Crippen molar-refractivity contribution in [2.24, 2.45) is 0 Å². The molecule has 0 saturated heterocycles. The zero-order valence-electron chi connectivity index (χ0n) is 10.8. The molecule has 2 rings (SSSR count). The molecule has 0 bridgehead atoms. The second-order valence-corrected chi connectivity index (χ2v) is 4.18. The van der Waals surface area contributed by atoms with Crippen molar-refractivity contribution in [1.29, 1.82) is 0 Å². The average molecular weight is 275 g/mol. The van der Waals surface area contributed by atoms with Gasteiger partial charge in [0.25, 0.3) is 0 Å². The SMILES string of the molecule is C[C@H](C(=O)NCc1ccncc1)n1cc([N+](=O)[O-])cn1. The molecule has 0 fully saturated rings. The molecule has 20 heavy (non-hydrogen) atoms. The van der Waals surface area contributed by atoms with Crippen LogP contribution in [-0.4, -0.2) is 25.6 Å². The van der Waals surface area contributed by atoms with Crippen molar-refractivity contribution < 1.29 is 9.72 Å². The smallest absolute Gasteiger partial charge is 0.307 e. The lowest BCUT2D eigenvalue weighted by Crippen LogP contribution is -2.30. The number of carbonyl (C=O) groups is 1. The van der Waals surface area contributed by atoms with Gasteiger partial charge in [-0.05, 0) is 24.6 Å². The summed E-state index contributed by atoms with van der Waals surface area (Å²) in [6, 6.07) is 2.97. The normalized spacial score (nSPS) is 11.8. The highest BCUT2D eigenvalue weighted by Gasteiger charge is 2.18. The Hall–Kier alpha value is -2.77. The molecular weight excluding hydrogens is 262 g/mol. The van der Waals surface area contributed by atoms with Crippen LogP contribution < -0.4 is 5.32 Å². The van der Waals surface area contributed by atoms with E-state index in [1.54, 1.807) is 31.5 Å². The summed E-state index contributed by atoms with van der Waals surface area (Å²) in [6.45, 7) is 1.99. The lowest BCUT2D eigenvalue weighted by Gasteiger charge is -2.12. The van der Waals surface area contributed by atoms with Gasteiger partial charge in [0.1, 0.15) is 18.4 Å². The van der Waals surface area contributed by atoms with Gasteiger partial charge in [0.2, 0.25) is 5.91 Å². The minimum atomic E-state index is -0.620. The van der Waals surface area contributed by atoms with Gasteiger partial charge < -0.3 is 5.32 Å². The number of carbonyl (C=O) groups excluding carboxylic acids is 1. The van der Waals surface area contributed by atoms with Gasteiger partial charge in [-0.25, -0.2) is 0 Å². The van der Waals surface area contributed by atoms with Gasteiger partial charge in [0, 0.05) is 18.9 Å². The molecule has 8 heteroatoms. The van der Waals surface area contributed by atoms with Crippen LogP contribution in [0.2, 0.25) is 0 Å². The van der Waals surface area contributed by atoms with Crippen molar-refractivity contribution in [3.05, 3.63) is 52.6 Å². The number of nitrogens with one attached hydrogen (secondary N) is 1. The summed E-state index contributed by atoms with van der Waals surface area (Å²) in [5.74, 6) is -0.264. The average Bonchev–Trinajstić information content (AvgIpc) is 2.95. The van der Waals surface area contributed by atoms with Gasteiger partial charge in [-0.3, -0.25) is 24.6 Å². The molecule has 1 amide bonds. The highest BCUT2D eigenvalue weighted by molar-refractivity contribution is 5.79. The Balaban J connectivity index is 1.96. The van der Waals surface area contributed by atoms with Gasteiger partial charge in [0.15, 0.2) is 0 Å². The van der Waals surface area contributed by atoms with Crippen LogP contribution in [0.3, 0.4) is 0 Å². The van der Waals surface area contributed by atoms with Crippen molar-refractivity contribution in [3.8, 4) is 0 Å². The third-order valence-corrected chi connectivity index (χ3v) is 2.79. The topological polar surface area (TPSA) is 103 Å². The summed E-state index contributed by atoms with van der Waals surface area (Å²) in [6.07, 6.45) is 5.63. The number of amides is 1. The third-order valence-electron chi connectivity index (χ3n) is 2.79. The molecule has 2 aromatic heterocycles. The van der Waals surface area contributed by atoms with E-state index in [0.717, 1.165) is 11.8 Å². The third kappa shape index (κ3) is 3.16. The summed E-state index contributed by atoms with van der Waals surface area (Å²) in [7, 11) is 0. The molecule has 1 N–H and O–H groups in total. The Bertz CT molecular complexity index is 611. The van der Waals surface area contributed by atoms with Crippen LogP contribution in [0.1, 0.15) is 18.5 Å². The predicted molar refractivity (Wildman–Crippen MR) is 69.7 cm³/mol. The minimum absolute atomic E-state index is 0.140. The van der Waals surface area contributed by atoms with Crippen LogP contribution in [0, 0.1) is 10.1 Å². The minimum Gasteiger partial charge on any atom is -0.350 e. The molecule has 0 aromatic carbocycles. The number of hydrogen-bond acceptors (Lipinski definition) is 5. The number of aromatic nitrogens is 3. The zero-order chi connectivity index (χ0) is 14.5. The highest BCUT2D eigenvalue weighted by atomic mass is 16.6. The Kier molecular flexibility index (Phi) is 4.04. The van der Waals surface area contributed by atoms with E-state index in [-0.39, 0.29) is 11.6 Å². The van der Waals surface area contributed by atoms with E-state index in [1.807, 2.05) is 0 Å². The van der Waals surface area contributed by atoms with Crippen LogP contribution >= 0.6 is 0 Å². The maximum atomic E-state index is 11.9. The standard InChI is InChI=1S/C12H13N5O3/c1-9(16-8-11(7-15-16)17(19)20)12(18)14-6-10-2-4-13-5-3-10/h2-5,7-9H,6H2,1H3,(H,14,18)/t9-/m1/s1. The van der Waals surface area contributed by atoms with E-state index in [4.69, 9.17) is 0 Å². The van der Waals surface area contributed by atoms with Gasteiger partial charge in [-0.15, -0.1) is 0 Å². The maximum Gasteiger partial charge on any atom is 0.307 e. The number of nitrogens with zero attached hydrogens (tertiary/aromatic N) is 4. The Labute approximate surface area is 114 Å². The number of hydrogen-bond donors (Lipinski definition) is 1. The molecule has 0 radical (unpaired) electrons. The van der Waals surface area contributed by atoms with Crippen LogP contribution in [0.25, 0.3) is 0 Å². The fourth-order valence-electron chi connectivity index (χ4n) is 1.59. The van der Waals surface area contributed by atoms with E-state index in [1.165, 1.54) is 10.9 Å². The Morgan fingerprint density at radius 3 is 2.80 bits per heavy atom. The van der Waals surface area contributed by atoms with E-state index >= 15 is 0 Å². The van der Waals surface area contributed by atoms with Crippen LogP contribution in [0.4, 0.5) is 5.69 Å². The molecule has 0 spiro atoms. The van der Waals surface area contributed by atoms with Crippen LogP contribution in [-0.2, 0) is 11.3 Å². The predicted octanol–water partition coefficient (Wildman–Crippen LogP) is 1.06. The molecule has 0 unspecified atom stereocenters. The fraction of sp³-hybridized carbons (Fsp3) is 0.250. The summed E-state index contributed by atoms with van der Waals surface area (Å²) in [5.41, 5.74) is 0.783. The molecule has 0 aliphatic rings. The van der Waals surface area contributed by atoms with E-state index in [2.05, 4.69) is 15.4 Å². The second-order valence-electron chi connectivity index (χ2n) is 4.18. The monoisotopic (exact) mass is 275 g/mol. The van der Waals surface area contributed by atoms with Crippen LogP contribution in [0.15, 0.2) is 36.9 Å². The number of pyridine rings is 1. The molecule has 104 valence electrons. The first-order valence-corrected chi connectivity index (χ1v) is 5.93. The van der Waals surface area contributed by atoms with Crippen molar-refractivity contribution in [1.82, 2.24) is 20.1 Å². The molecule has 0 saturated carbocycles. The van der Waals surface area contributed by atoms with Gasteiger partial charge in [0.05, 0.1) is 4.92 Å². The second kappa shape index (κ2) is 5.91. The van der Waals surface area contributed by atoms with Crippen molar-refractivity contribution in [2.45, 2.75) is 19.5 Å². The molecular formula is C12H13N5O3. The van der Waals surface area contributed by atoms with E-state index < -0.39 is 11.0 Å². The molecule has 0 aliphatic heterocycles. The van der Waals surface area contributed by atoms with Crippen molar-refractivity contribution >= 4 is 11.6 Å². The van der Waals surface area contributed by atoms with Crippen LogP contribution in [0.5, 0.6) is 0 Å². The Morgan fingerprint density at radius 2 is 2.20 bits per heavy atom. The van der Waals surface area contributed by atoms with Crippen molar-refractivity contribution in [3.63, 3.8) is 0 Å². The van der Waals surface area contributed by atoms with Gasteiger partial charge in [-0.1, -0.05) is 0 Å². The Morgan fingerprint density at radius 1 is 1.50 bits per heavy atom. The fourth-order valence-corrected chi connectivity index (χ4v) is 1.59. The first kappa shape index (κ1) is 13.7. The molecule has 0 aliphatic carbocycles. The number of rotatable bonds is 5. The lowest BCUT2D eigenvalue weighted by molar-refractivity contribution is -0.385. The first-order chi connectivity index (χ1) is 9.58. The summed E-state index contributed by atoms with van der Waals surface area (Å²) in [5, 5.41) is 17.1. The van der Waals surface area contributed by atoms with E-state index in [9.17, 15) is 14.9 Å². The highest BCUT2D eigenvalue weighted by Crippen LogP contribution is 2.12. The molecule has 8 nitrogen and oxygen atoms in total. The number of nitro groups is 1. The summed E-state index contributed by atoms with van der Waals surface area (Å²) < 4.78 is 1.26. The van der Waals surface area contributed by atoms with Crippen molar-refractivity contribution in [2.75, 3.05) is 0 Å². The molecule has 1 atom stereocenters. The first-order valence-electron chi connectivity index (χ1n) is 5.93. The van der Waals surface area contributed by atoms with E-state index in [0.29, 0.717) is 6.54 Å². The van der Waals surface area contributed by atoms with Gasteiger partial charge >= 0.3 is 5.69 Å².